The summed E-state index contributed by atoms with van der Waals surface area (Å²) in [5, 5.41) is 5.25. The van der Waals surface area contributed by atoms with Gasteiger partial charge in [0.05, 0.1) is 12.1 Å². The van der Waals surface area contributed by atoms with Gasteiger partial charge in [-0.2, -0.15) is 0 Å². The number of rotatable bonds is 3. The average molecular weight is 337 g/mol. The topological polar surface area (TPSA) is 62.1 Å². The zero-order chi connectivity index (χ0) is 17.4. The van der Waals surface area contributed by atoms with Gasteiger partial charge in [-0.05, 0) is 44.2 Å². The maximum atomic E-state index is 12.5. The van der Waals surface area contributed by atoms with Gasteiger partial charge >= 0.3 is 0 Å². The number of piperidine rings is 1. The van der Waals surface area contributed by atoms with Gasteiger partial charge in [0, 0.05) is 35.8 Å². The molecule has 0 atom stereocenters. The van der Waals surface area contributed by atoms with E-state index in [4.69, 9.17) is 4.52 Å². The first-order valence-corrected chi connectivity index (χ1v) is 8.89. The summed E-state index contributed by atoms with van der Waals surface area (Å²) in [5.41, 5.74) is 4.60. The predicted molar refractivity (Wildman–Crippen MR) is 96.5 cm³/mol. The summed E-state index contributed by atoms with van der Waals surface area (Å²) in [6.45, 7) is 5.61. The number of likely N-dealkylation sites (tertiary alicyclic amines) is 1. The molecular weight excluding hydrogens is 314 g/mol. The van der Waals surface area contributed by atoms with Crippen molar-refractivity contribution in [1.82, 2.24) is 15.0 Å². The van der Waals surface area contributed by atoms with Crippen molar-refractivity contribution >= 4 is 16.8 Å². The second-order valence-electron chi connectivity index (χ2n) is 6.97. The van der Waals surface area contributed by atoms with E-state index in [2.05, 4.69) is 41.3 Å². The average Bonchev–Trinajstić information content (AvgIpc) is 3.17. The molecule has 4 rings (SSSR count). The van der Waals surface area contributed by atoms with Crippen LogP contribution in [0.5, 0.6) is 0 Å². The van der Waals surface area contributed by atoms with E-state index in [0.717, 1.165) is 37.4 Å². The van der Waals surface area contributed by atoms with E-state index in [-0.39, 0.29) is 5.91 Å². The van der Waals surface area contributed by atoms with Crippen LogP contribution in [0.2, 0.25) is 0 Å². The molecule has 1 fully saturated rings. The Balaban J connectivity index is 1.44. The highest BCUT2D eigenvalue weighted by molar-refractivity contribution is 5.85. The normalized spacial score (nSPS) is 15.8. The Morgan fingerprint density at radius 3 is 2.76 bits per heavy atom. The Labute approximate surface area is 147 Å². The molecule has 5 nitrogen and oxygen atoms in total. The van der Waals surface area contributed by atoms with Gasteiger partial charge in [-0.25, -0.2) is 0 Å². The van der Waals surface area contributed by atoms with E-state index >= 15 is 0 Å². The highest BCUT2D eigenvalue weighted by atomic mass is 16.5. The number of nitrogens with zero attached hydrogens (tertiary/aromatic N) is 2. The molecule has 130 valence electrons. The molecule has 25 heavy (non-hydrogen) atoms. The molecule has 1 N–H and O–H groups in total. The van der Waals surface area contributed by atoms with Gasteiger partial charge in [-0.1, -0.05) is 23.4 Å². The van der Waals surface area contributed by atoms with Crippen molar-refractivity contribution < 1.29 is 9.32 Å². The van der Waals surface area contributed by atoms with Crippen LogP contribution < -0.4 is 0 Å². The standard InChI is InChI=1S/C20H23N3O2/c1-13-11-16(22-25-13)12-19(24)23-9-7-15(8-10-23)20-14(2)21-18-6-4-3-5-17(18)20/h3-6,11,15,21H,7-10,12H2,1-2H3. The molecule has 1 saturated heterocycles. The van der Waals surface area contributed by atoms with Crippen LogP contribution in [0.1, 0.15) is 41.5 Å². The molecule has 0 spiro atoms. The van der Waals surface area contributed by atoms with E-state index in [1.165, 1.54) is 22.2 Å². The summed E-state index contributed by atoms with van der Waals surface area (Å²) in [5.74, 6) is 1.40. The van der Waals surface area contributed by atoms with Gasteiger partial charge in [0.1, 0.15) is 5.76 Å². The zero-order valence-corrected chi connectivity index (χ0v) is 14.7. The predicted octanol–water partition coefficient (Wildman–Crippen LogP) is 3.72. The van der Waals surface area contributed by atoms with Crippen LogP contribution in [0, 0.1) is 13.8 Å². The minimum absolute atomic E-state index is 0.141. The number of para-hydroxylation sites is 1. The maximum absolute atomic E-state index is 12.5. The molecule has 0 bridgehead atoms. The Morgan fingerprint density at radius 2 is 2.04 bits per heavy atom. The first kappa shape index (κ1) is 15.9. The van der Waals surface area contributed by atoms with Gasteiger partial charge in [0.15, 0.2) is 0 Å². The molecule has 0 radical (unpaired) electrons. The van der Waals surface area contributed by atoms with E-state index in [9.17, 15) is 4.79 Å². The van der Waals surface area contributed by atoms with Crippen molar-refractivity contribution in [2.75, 3.05) is 13.1 Å². The van der Waals surface area contributed by atoms with Gasteiger partial charge in [0.25, 0.3) is 0 Å². The molecular formula is C20H23N3O2. The van der Waals surface area contributed by atoms with Crippen LogP contribution in [0.25, 0.3) is 10.9 Å². The van der Waals surface area contributed by atoms with E-state index < -0.39 is 0 Å². The fraction of sp³-hybridized carbons (Fsp3) is 0.400. The lowest BCUT2D eigenvalue weighted by molar-refractivity contribution is -0.131. The number of fused-ring (bicyclic) bond motifs is 1. The third kappa shape index (κ3) is 3.06. The van der Waals surface area contributed by atoms with Gasteiger partial charge in [0.2, 0.25) is 5.91 Å². The lowest BCUT2D eigenvalue weighted by Crippen LogP contribution is -2.38. The second-order valence-corrected chi connectivity index (χ2v) is 6.97. The van der Waals surface area contributed by atoms with Crippen LogP contribution in [-0.4, -0.2) is 34.0 Å². The molecule has 1 aliphatic rings. The largest absolute Gasteiger partial charge is 0.361 e. The molecule has 3 aromatic rings. The van der Waals surface area contributed by atoms with E-state index in [1.54, 1.807) is 0 Å². The van der Waals surface area contributed by atoms with Crippen molar-refractivity contribution in [1.29, 1.82) is 0 Å². The number of amides is 1. The van der Waals surface area contributed by atoms with Crippen molar-refractivity contribution in [3.05, 3.63) is 53.0 Å². The summed E-state index contributed by atoms with van der Waals surface area (Å²) >= 11 is 0. The summed E-state index contributed by atoms with van der Waals surface area (Å²) in [6, 6.07) is 10.3. The van der Waals surface area contributed by atoms with Crippen molar-refractivity contribution in [3.8, 4) is 0 Å². The lowest BCUT2D eigenvalue weighted by atomic mass is 9.87. The monoisotopic (exact) mass is 337 g/mol. The number of hydrogen-bond donors (Lipinski definition) is 1. The number of carbonyl (C=O) groups is 1. The molecule has 1 aromatic carbocycles. The molecule has 3 heterocycles. The minimum atomic E-state index is 0.141. The number of aromatic amines is 1. The summed E-state index contributed by atoms with van der Waals surface area (Å²) in [4.78, 5) is 17.9. The highest BCUT2D eigenvalue weighted by Gasteiger charge is 2.27. The summed E-state index contributed by atoms with van der Waals surface area (Å²) in [7, 11) is 0. The molecule has 2 aromatic heterocycles. The number of carbonyl (C=O) groups excluding carboxylic acids is 1. The Kier molecular flexibility index (Phi) is 4.07. The maximum Gasteiger partial charge on any atom is 0.228 e. The van der Waals surface area contributed by atoms with Crippen LogP contribution >= 0.6 is 0 Å². The Bertz CT molecular complexity index is 901. The Hall–Kier alpha value is -2.56. The van der Waals surface area contributed by atoms with Gasteiger partial charge < -0.3 is 14.4 Å². The smallest absolute Gasteiger partial charge is 0.228 e. The number of H-pyrrole nitrogens is 1. The van der Waals surface area contributed by atoms with Crippen molar-refractivity contribution in [2.24, 2.45) is 0 Å². The molecule has 5 heteroatoms. The fourth-order valence-electron chi connectivity index (χ4n) is 4.01. The van der Waals surface area contributed by atoms with Crippen LogP contribution in [0.4, 0.5) is 0 Å². The van der Waals surface area contributed by atoms with Crippen molar-refractivity contribution in [3.63, 3.8) is 0 Å². The number of benzene rings is 1. The number of aromatic nitrogens is 2. The first-order chi connectivity index (χ1) is 12.1. The minimum Gasteiger partial charge on any atom is -0.361 e. The van der Waals surface area contributed by atoms with E-state index in [0.29, 0.717) is 12.3 Å². The summed E-state index contributed by atoms with van der Waals surface area (Å²) in [6.07, 6.45) is 2.34. The van der Waals surface area contributed by atoms with Crippen LogP contribution in [0.3, 0.4) is 0 Å². The van der Waals surface area contributed by atoms with Crippen LogP contribution in [-0.2, 0) is 11.2 Å². The SMILES string of the molecule is Cc1cc(CC(=O)N2CCC(c3c(C)[nH]c4ccccc34)CC2)no1. The molecule has 1 amide bonds. The lowest BCUT2D eigenvalue weighted by Gasteiger charge is -2.32. The highest BCUT2D eigenvalue weighted by Crippen LogP contribution is 2.35. The van der Waals surface area contributed by atoms with Gasteiger partial charge in [-0.3, -0.25) is 4.79 Å². The number of hydrogen-bond acceptors (Lipinski definition) is 3. The molecule has 0 saturated carbocycles. The number of aryl methyl sites for hydroxylation is 2. The summed E-state index contributed by atoms with van der Waals surface area (Å²) < 4.78 is 5.05. The van der Waals surface area contributed by atoms with Gasteiger partial charge in [-0.15, -0.1) is 0 Å². The molecule has 0 aliphatic carbocycles. The quantitative estimate of drug-likeness (QED) is 0.792. The fourth-order valence-corrected chi connectivity index (χ4v) is 4.01. The molecule has 0 unspecified atom stereocenters. The Morgan fingerprint density at radius 1 is 1.28 bits per heavy atom. The third-order valence-electron chi connectivity index (χ3n) is 5.21. The van der Waals surface area contributed by atoms with Crippen molar-refractivity contribution in [2.45, 2.75) is 39.0 Å². The first-order valence-electron chi connectivity index (χ1n) is 8.89. The molecule has 1 aliphatic heterocycles. The second kappa shape index (κ2) is 6.39. The van der Waals surface area contributed by atoms with Crippen LogP contribution in [0.15, 0.2) is 34.9 Å². The number of nitrogens with one attached hydrogen (secondary N) is 1. The van der Waals surface area contributed by atoms with E-state index in [1.807, 2.05) is 17.9 Å². The zero-order valence-electron chi connectivity index (χ0n) is 14.7. The third-order valence-corrected chi connectivity index (χ3v) is 5.21.